The van der Waals surface area contributed by atoms with Crippen LogP contribution >= 0.6 is 0 Å². The lowest BCUT2D eigenvalue weighted by Crippen LogP contribution is -2.31. The first-order chi connectivity index (χ1) is 14.1. The van der Waals surface area contributed by atoms with E-state index in [9.17, 15) is 5.11 Å². The maximum Gasteiger partial charge on any atom is 0.116 e. The molecule has 9 heteroatoms. The van der Waals surface area contributed by atoms with Crippen LogP contribution in [0.5, 0.6) is 0 Å². The predicted molar refractivity (Wildman–Crippen MR) is 105 cm³/mol. The molecule has 0 atom stereocenters. The van der Waals surface area contributed by atoms with Gasteiger partial charge in [0.25, 0.3) is 0 Å². The summed E-state index contributed by atoms with van der Waals surface area (Å²) in [6.45, 7) is 0.738. The third kappa shape index (κ3) is 3.09. The Kier molecular flexibility index (Phi) is 4.00. The highest BCUT2D eigenvalue weighted by Crippen LogP contribution is 2.30. The van der Waals surface area contributed by atoms with Gasteiger partial charge in [-0.05, 0) is 43.0 Å². The van der Waals surface area contributed by atoms with Gasteiger partial charge < -0.3 is 10.8 Å². The van der Waals surface area contributed by atoms with E-state index in [1.54, 1.807) is 27.5 Å². The highest BCUT2D eigenvalue weighted by molar-refractivity contribution is 5.77. The summed E-state index contributed by atoms with van der Waals surface area (Å²) in [7, 11) is 0. The van der Waals surface area contributed by atoms with Gasteiger partial charge in [-0.15, -0.1) is 5.10 Å². The Morgan fingerprint density at radius 2 is 2.07 bits per heavy atom. The lowest BCUT2D eigenvalue weighted by molar-refractivity contribution is 0.0334. The Balaban J connectivity index is 1.42. The van der Waals surface area contributed by atoms with Gasteiger partial charge in [0.05, 0.1) is 41.0 Å². The number of nitrogen functional groups attached to an aromatic ring is 1. The maximum absolute atomic E-state index is 9.42. The van der Waals surface area contributed by atoms with Crippen LogP contribution in [0.2, 0.25) is 0 Å². The van der Waals surface area contributed by atoms with Crippen molar-refractivity contribution in [1.29, 1.82) is 5.26 Å². The lowest BCUT2D eigenvalue weighted by atomic mass is 9.82. The fourth-order valence-corrected chi connectivity index (χ4v) is 3.70. The number of nitrogens with two attached hydrogens (primary N) is 1. The average Bonchev–Trinajstić information content (AvgIpc) is 3.33. The number of hydrogen-bond acceptors (Lipinski definition) is 7. The Hall–Kier alpha value is -3.77. The second kappa shape index (κ2) is 6.68. The van der Waals surface area contributed by atoms with Crippen molar-refractivity contribution in [2.24, 2.45) is 5.92 Å². The van der Waals surface area contributed by atoms with Crippen LogP contribution in [0.15, 0.2) is 42.9 Å². The van der Waals surface area contributed by atoms with Gasteiger partial charge in [0.15, 0.2) is 0 Å². The van der Waals surface area contributed by atoms with Gasteiger partial charge in [-0.1, -0.05) is 5.21 Å². The molecule has 0 radical (unpaired) electrons. The normalized spacial score (nSPS) is 18.5. The van der Waals surface area contributed by atoms with Crippen LogP contribution in [0.3, 0.4) is 0 Å². The molecule has 0 spiro atoms. The number of pyridine rings is 1. The third-order valence-corrected chi connectivity index (χ3v) is 5.30. The number of hydrogen-bond donors (Lipinski definition) is 2. The third-order valence-electron chi connectivity index (χ3n) is 5.30. The molecule has 1 aliphatic rings. The SMILES string of the molecule is N#Cc1cnn2c(-c3cc(N)c(-c4cn(C[C@H]5C[C@H](O)C5)nn4)cn3)ccc2c1. The zero-order chi connectivity index (χ0) is 20.0. The first-order valence-electron chi connectivity index (χ1n) is 9.33. The van der Waals surface area contributed by atoms with Gasteiger partial charge in [0.1, 0.15) is 11.8 Å². The summed E-state index contributed by atoms with van der Waals surface area (Å²) in [5.74, 6) is 0.439. The molecule has 1 fully saturated rings. The number of nitrogens with zero attached hydrogens (tertiary/aromatic N) is 7. The van der Waals surface area contributed by atoms with Crippen molar-refractivity contribution < 1.29 is 5.11 Å². The summed E-state index contributed by atoms with van der Waals surface area (Å²) in [6.07, 6.45) is 6.51. The summed E-state index contributed by atoms with van der Waals surface area (Å²) in [5, 5.41) is 31.2. The fraction of sp³-hybridized carbons (Fsp3) is 0.250. The molecule has 4 aromatic rings. The van der Waals surface area contributed by atoms with Crippen LogP contribution in [0, 0.1) is 17.2 Å². The molecule has 0 unspecified atom stereocenters. The molecular formula is C20H18N8O. The van der Waals surface area contributed by atoms with Gasteiger partial charge in [0, 0.05) is 24.0 Å². The van der Waals surface area contributed by atoms with Crippen LogP contribution in [-0.2, 0) is 6.54 Å². The van der Waals surface area contributed by atoms with Crippen molar-refractivity contribution in [3.8, 4) is 28.7 Å². The Bertz CT molecular complexity index is 1250. The summed E-state index contributed by atoms with van der Waals surface area (Å²) >= 11 is 0. The van der Waals surface area contributed by atoms with Crippen LogP contribution in [0.25, 0.3) is 28.2 Å². The summed E-state index contributed by atoms with van der Waals surface area (Å²) < 4.78 is 3.52. The average molecular weight is 386 g/mol. The van der Waals surface area contributed by atoms with E-state index in [0.29, 0.717) is 34.1 Å². The monoisotopic (exact) mass is 386 g/mol. The largest absolute Gasteiger partial charge is 0.398 e. The van der Waals surface area contributed by atoms with Crippen molar-refractivity contribution in [1.82, 2.24) is 29.6 Å². The van der Waals surface area contributed by atoms with E-state index in [1.165, 1.54) is 6.20 Å². The molecule has 1 saturated carbocycles. The van der Waals surface area contributed by atoms with Crippen molar-refractivity contribution in [2.45, 2.75) is 25.5 Å². The molecule has 0 saturated heterocycles. The number of aliphatic hydroxyl groups is 1. The Labute approximate surface area is 166 Å². The highest BCUT2D eigenvalue weighted by Gasteiger charge is 2.27. The molecule has 29 heavy (non-hydrogen) atoms. The minimum atomic E-state index is -0.179. The van der Waals surface area contributed by atoms with Crippen LogP contribution < -0.4 is 5.73 Å². The first-order valence-corrected chi connectivity index (χ1v) is 9.33. The van der Waals surface area contributed by atoms with Crippen molar-refractivity contribution in [2.75, 3.05) is 5.73 Å². The van der Waals surface area contributed by atoms with Gasteiger partial charge in [-0.25, -0.2) is 4.52 Å². The summed E-state index contributed by atoms with van der Waals surface area (Å²) in [6, 6.07) is 9.43. The van der Waals surface area contributed by atoms with Crippen LogP contribution in [0.4, 0.5) is 5.69 Å². The Morgan fingerprint density at radius 1 is 1.21 bits per heavy atom. The molecule has 1 aliphatic carbocycles. The minimum Gasteiger partial charge on any atom is -0.398 e. The molecule has 5 rings (SSSR count). The molecule has 0 amide bonds. The highest BCUT2D eigenvalue weighted by atomic mass is 16.3. The summed E-state index contributed by atoms with van der Waals surface area (Å²) in [5.41, 5.74) is 11.0. The minimum absolute atomic E-state index is 0.179. The molecule has 144 valence electrons. The number of aromatic nitrogens is 6. The lowest BCUT2D eigenvalue weighted by Gasteiger charge is -2.30. The van der Waals surface area contributed by atoms with Crippen LogP contribution in [0.1, 0.15) is 18.4 Å². The quantitative estimate of drug-likeness (QED) is 0.547. The molecule has 3 N–H and O–H groups in total. The first kappa shape index (κ1) is 17.3. The van der Waals surface area contributed by atoms with E-state index in [2.05, 4.69) is 26.5 Å². The van der Waals surface area contributed by atoms with Gasteiger partial charge in [-0.3, -0.25) is 9.67 Å². The zero-order valence-electron chi connectivity index (χ0n) is 15.5. The molecule has 4 aromatic heterocycles. The smallest absolute Gasteiger partial charge is 0.116 e. The van der Waals surface area contributed by atoms with E-state index in [-0.39, 0.29) is 6.10 Å². The predicted octanol–water partition coefficient (Wildman–Crippen LogP) is 1.88. The van der Waals surface area contributed by atoms with Crippen molar-refractivity contribution in [3.05, 3.63) is 48.4 Å². The van der Waals surface area contributed by atoms with Gasteiger partial charge in [-0.2, -0.15) is 10.4 Å². The van der Waals surface area contributed by atoms with Crippen molar-refractivity contribution in [3.63, 3.8) is 0 Å². The van der Waals surface area contributed by atoms with E-state index in [4.69, 9.17) is 11.0 Å². The number of nitriles is 1. The zero-order valence-corrected chi connectivity index (χ0v) is 15.5. The molecule has 0 aromatic carbocycles. The second-order valence-corrected chi connectivity index (χ2v) is 7.39. The summed E-state index contributed by atoms with van der Waals surface area (Å²) in [4.78, 5) is 4.54. The maximum atomic E-state index is 9.42. The van der Waals surface area contributed by atoms with Gasteiger partial charge >= 0.3 is 0 Å². The molecule has 0 aliphatic heterocycles. The molecule has 4 heterocycles. The Morgan fingerprint density at radius 3 is 2.83 bits per heavy atom. The van der Waals surface area contributed by atoms with Crippen molar-refractivity contribution >= 4 is 11.2 Å². The van der Waals surface area contributed by atoms with E-state index in [1.807, 2.05) is 18.3 Å². The van der Waals surface area contributed by atoms with Crippen LogP contribution in [-0.4, -0.2) is 40.8 Å². The second-order valence-electron chi connectivity index (χ2n) is 7.39. The van der Waals surface area contributed by atoms with E-state index >= 15 is 0 Å². The number of fused-ring (bicyclic) bond motifs is 1. The van der Waals surface area contributed by atoms with Gasteiger partial charge in [0.2, 0.25) is 0 Å². The number of aliphatic hydroxyl groups excluding tert-OH is 1. The molecule has 9 nitrogen and oxygen atoms in total. The molecular weight excluding hydrogens is 368 g/mol. The number of anilines is 1. The van der Waals surface area contributed by atoms with E-state index in [0.717, 1.165) is 30.6 Å². The number of rotatable bonds is 4. The van der Waals surface area contributed by atoms with E-state index < -0.39 is 0 Å². The standard InChI is InChI=1S/C20H18N8O/c21-7-13-3-14-1-2-20(28(14)24-8-13)18-6-17(22)16(9-23-18)19-11-27(26-25-19)10-12-4-15(29)5-12/h1-3,6,8-9,11-12,15,29H,4-5,10H2,(H2,22,23)/t12-,15-. The fourth-order valence-electron chi connectivity index (χ4n) is 3.70. The topological polar surface area (TPSA) is 131 Å². The molecule has 0 bridgehead atoms.